The molecule has 4 heteroatoms. The predicted molar refractivity (Wildman–Crippen MR) is 209 cm³/mol. The number of pyridine rings is 1. The quantitative estimate of drug-likeness (QED) is 0.190. The number of nitrogens with zero attached hydrogens (tertiary/aromatic N) is 2. The Labute approximate surface area is 292 Å². The van der Waals surface area contributed by atoms with Crippen LogP contribution in [0.5, 0.6) is 0 Å². The zero-order valence-electron chi connectivity index (χ0n) is 27.4. The number of hydrogen-bond acceptors (Lipinski definition) is 3. The van der Waals surface area contributed by atoms with E-state index in [1.165, 1.54) is 5.56 Å². The normalized spacial score (nSPS) is 11.9. The summed E-state index contributed by atoms with van der Waals surface area (Å²) in [6.45, 7) is 0. The third kappa shape index (κ3) is 4.23. The predicted octanol–water partition coefficient (Wildman–Crippen LogP) is 13.0. The molecular weight excluding hydrogens is 625 g/mol. The smallest absolute Gasteiger partial charge is 0.145 e. The van der Waals surface area contributed by atoms with Crippen LogP contribution in [-0.2, 0) is 0 Å². The number of aromatic nitrogens is 2. The Morgan fingerprint density at radius 1 is 0.392 bits per heavy atom. The molecule has 0 bridgehead atoms. The molecule has 0 aliphatic rings. The lowest BCUT2D eigenvalue weighted by atomic mass is 10.0. The minimum Gasteiger partial charge on any atom is -0.455 e. The summed E-state index contributed by atoms with van der Waals surface area (Å²) in [4.78, 5) is 5.39. The molecule has 0 spiro atoms. The number of rotatable bonds is 4. The van der Waals surface area contributed by atoms with E-state index in [0.717, 1.165) is 99.4 Å². The molecule has 0 aliphatic heterocycles. The van der Waals surface area contributed by atoms with Gasteiger partial charge in [0.1, 0.15) is 22.3 Å². The van der Waals surface area contributed by atoms with Gasteiger partial charge in [-0.3, -0.25) is 0 Å². The van der Waals surface area contributed by atoms with Crippen LogP contribution in [0.2, 0.25) is 0 Å². The summed E-state index contributed by atoms with van der Waals surface area (Å²) in [5, 5.41) is 6.65. The molecule has 0 aliphatic carbocycles. The first kappa shape index (κ1) is 28.0. The Morgan fingerprint density at radius 3 is 1.82 bits per heavy atom. The monoisotopic (exact) mass is 652 g/mol. The fourth-order valence-corrected chi connectivity index (χ4v) is 7.88. The minimum absolute atomic E-state index is 0.832. The highest BCUT2D eigenvalue weighted by Crippen LogP contribution is 2.42. The van der Waals surface area contributed by atoms with Gasteiger partial charge in [0.2, 0.25) is 0 Å². The molecule has 238 valence electrons. The average Bonchev–Trinajstić information content (AvgIpc) is 3.88. The van der Waals surface area contributed by atoms with Crippen molar-refractivity contribution < 1.29 is 8.83 Å². The first-order chi connectivity index (χ1) is 25.3. The maximum Gasteiger partial charge on any atom is 0.145 e. The Morgan fingerprint density at radius 2 is 1.00 bits per heavy atom. The lowest BCUT2D eigenvalue weighted by Gasteiger charge is -2.14. The number of benzene rings is 7. The van der Waals surface area contributed by atoms with Gasteiger partial charge in [-0.25, -0.2) is 4.98 Å². The third-order valence-electron chi connectivity index (χ3n) is 10.2. The van der Waals surface area contributed by atoms with E-state index in [0.29, 0.717) is 0 Å². The molecule has 0 amide bonds. The van der Waals surface area contributed by atoms with Gasteiger partial charge < -0.3 is 13.4 Å². The summed E-state index contributed by atoms with van der Waals surface area (Å²) in [7, 11) is 0. The van der Waals surface area contributed by atoms with Crippen LogP contribution in [0.1, 0.15) is 0 Å². The minimum atomic E-state index is 0.832. The van der Waals surface area contributed by atoms with E-state index in [1.807, 2.05) is 30.3 Å². The molecule has 7 aromatic carbocycles. The first-order valence-electron chi connectivity index (χ1n) is 17.2. The van der Waals surface area contributed by atoms with Crippen molar-refractivity contribution in [2.24, 2.45) is 0 Å². The molecule has 0 saturated carbocycles. The zero-order chi connectivity index (χ0) is 33.5. The summed E-state index contributed by atoms with van der Waals surface area (Å²) in [6, 6.07) is 59.4. The van der Waals surface area contributed by atoms with Gasteiger partial charge >= 0.3 is 0 Å². The number of hydrogen-bond donors (Lipinski definition) is 0. The fourth-order valence-electron chi connectivity index (χ4n) is 7.88. The van der Waals surface area contributed by atoms with Crippen LogP contribution in [0, 0.1) is 0 Å². The summed E-state index contributed by atoms with van der Waals surface area (Å²) in [5.41, 5.74) is 12.7. The molecule has 4 aromatic heterocycles. The van der Waals surface area contributed by atoms with E-state index >= 15 is 0 Å². The van der Waals surface area contributed by atoms with Gasteiger partial charge in [-0.2, -0.15) is 0 Å². The van der Waals surface area contributed by atoms with E-state index in [-0.39, 0.29) is 0 Å². The lowest BCUT2D eigenvalue weighted by Crippen LogP contribution is -1.98. The highest BCUT2D eigenvalue weighted by Gasteiger charge is 2.21. The number of furan rings is 2. The second-order valence-electron chi connectivity index (χ2n) is 13.1. The summed E-state index contributed by atoms with van der Waals surface area (Å²) in [5.74, 6) is 0. The van der Waals surface area contributed by atoms with E-state index in [2.05, 4.69) is 144 Å². The second kappa shape index (κ2) is 10.8. The van der Waals surface area contributed by atoms with E-state index in [9.17, 15) is 0 Å². The van der Waals surface area contributed by atoms with Crippen molar-refractivity contribution in [2.75, 3.05) is 0 Å². The van der Waals surface area contributed by atoms with E-state index < -0.39 is 0 Å². The lowest BCUT2D eigenvalue weighted by molar-refractivity contribution is 0.670. The maximum atomic E-state index is 6.60. The van der Waals surface area contributed by atoms with Gasteiger partial charge in [0.25, 0.3) is 0 Å². The maximum absolute atomic E-state index is 6.60. The zero-order valence-corrected chi connectivity index (χ0v) is 27.4. The van der Waals surface area contributed by atoms with Gasteiger partial charge in [-0.1, -0.05) is 115 Å². The van der Waals surface area contributed by atoms with E-state index in [4.69, 9.17) is 13.8 Å². The number of fused-ring (bicyclic) bond motifs is 10. The van der Waals surface area contributed by atoms with Crippen LogP contribution in [-0.4, -0.2) is 9.55 Å². The average molecular weight is 653 g/mol. The molecule has 11 rings (SSSR count). The van der Waals surface area contributed by atoms with Gasteiger partial charge in [-0.05, 0) is 65.7 Å². The van der Waals surface area contributed by atoms with Crippen LogP contribution in [0.4, 0.5) is 0 Å². The molecule has 4 nitrogen and oxygen atoms in total. The molecule has 0 N–H and O–H groups in total. The van der Waals surface area contributed by atoms with Crippen molar-refractivity contribution in [3.05, 3.63) is 170 Å². The summed E-state index contributed by atoms with van der Waals surface area (Å²) >= 11 is 0. The van der Waals surface area contributed by atoms with Crippen molar-refractivity contribution in [1.29, 1.82) is 0 Å². The molecule has 0 fully saturated rings. The molecule has 4 heterocycles. The largest absolute Gasteiger partial charge is 0.455 e. The van der Waals surface area contributed by atoms with Crippen LogP contribution >= 0.6 is 0 Å². The first-order valence-corrected chi connectivity index (χ1v) is 17.2. The van der Waals surface area contributed by atoms with Crippen molar-refractivity contribution in [3.63, 3.8) is 0 Å². The Kier molecular flexibility index (Phi) is 5.92. The van der Waals surface area contributed by atoms with Gasteiger partial charge in [-0.15, -0.1) is 0 Å². The summed E-state index contributed by atoms with van der Waals surface area (Å²) in [6.07, 6.45) is 0. The Bertz CT molecular complexity index is 3140. The molecule has 51 heavy (non-hydrogen) atoms. The van der Waals surface area contributed by atoms with Crippen LogP contribution in [0.3, 0.4) is 0 Å². The summed E-state index contributed by atoms with van der Waals surface area (Å²) < 4.78 is 15.5. The van der Waals surface area contributed by atoms with Crippen molar-refractivity contribution >= 4 is 65.7 Å². The van der Waals surface area contributed by atoms with Crippen LogP contribution < -0.4 is 0 Å². The SMILES string of the molecule is c1ccc(-c2cccc(-c3cc(-n4c5ccccc5c5c6oc7ccccc7c6ccc54)cc(-c4cccc5c4oc4ccccc45)n3)c2)cc1. The van der Waals surface area contributed by atoms with Gasteiger partial charge in [0, 0.05) is 38.1 Å². The molecule has 0 saturated heterocycles. The topological polar surface area (TPSA) is 44.1 Å². The number of para-hydroxylation sites is 4. The van der Waals surface area contributed by atoms with Crippen LogP contribution in [0.15, 0.2) is 179 Å². The molecule has 11 aromatic rings. The Hall–Kier alpha value is -6.91. The fraction of sp³-hybridized carbons (Fsp3) is 0. The van der Waals surface area contributed by atoms with Crippen molar-refractivity contribution in [2.45, 2.75) is 0 Å². The highest BCUT2D eigenvalue weighted by atomic mass is 16.3. The molecular formula is C47H28N2O2. The third-order valence-corrected chi connectivity index (χ3v) is 10.2. The standard InChI is InChI=1S/C47H28N2O2/c1-2-12-29(13-3-1)30-14-10-15-31(26-30)39-27-32(28-40(48-39)37-20-11-19-35-33-16-5-8-22-43(33)50-46(35)37)49-41-21-7-4-18-38(41)45-42(49)25-24-36-34-17-6-9-23-44(34)51-47(36)45/h1-28H. The molecule has 0 radical (unpaired) electrons. The van der Waals surface area contributed by atoms with Crippen LogP contribution in [0.25, 0.3) is 105 Å². The van der Waals surface area contributed by atoms with Gasteiger partial charge in [0.05, 0.1) is 33.5 Å². The van der Waals surface area contributed by atoms with Crippen molar-refractivity contribution in [3.8, 4) is 39.3 Å². The second-order valence-corrected chi connectivity index (χ2v) is 13.1. The van der Waals surface area contributed by atoms with Gasteiger partial charge in [0.15, 0.2) is 0 Å². The molecule has 0 unspecified atom stereocenters. The van der Waals surface area contributed by atoms with E-state index in [1.54, 1.807) is 0 Å². The van der Waals surface area contributed by atoms with Crippen molar-refractivity contribution in [1.82, 2.24) is 9.55 Å². The molecule has 0 atom stereocenters. The highest BCUT2D eigenvalue weighted by molar-refractivity contribution is 6.24. The Balaban J connectivity index is 1.22.